The highest BCUT2D eigenvalue weighted by molar-refractivity contribution is 5.67. The topological polar surface area (TPSA) is 65.4 Å². The van der Waals surface area contributed by atoms with Gasteiger partial charge in [-0.1, -0.05) is 27.7 Å². The Morgan fingerprint density at radius 1 is 1.19 bits per heavy atom. The summed E-state index contributed by atoms with van der Waals surface area (Å²) in [6, 6.07) is 0. The Balaban J connectivity index is 0.00000158. The van der Waals surface area contributed by atoms with Gasteiger partial charge in [0.15, 0.2) is 0 Å². The SMILES string of the molecule is CC.CC.Cc1nc(C2CCOCC2)n(CCNC(=O)OC(C)(C)C)c1C. The van der Waals surface area contributed by atoms with E-state index in [4.69, 9.17) is 14.5 Å². The zero-order valence-corrected chi connectivity index (χ0v) is 18.9. The molecule has 0 radical (unpaired) electrons. The molecule has 2 rings (SSSR count). The summed E-state index contributed by atoms with van der Waals surface area (Å²) in [5.74, 6) is 1.56. The maximum atomic E-state index is 11.8. The number of ether oxygens (including phenoxy) is 2. The fraction of sp³-hybridized carbons (Fsp3) is 0.810. The Kier molecular flexibility index (Phi) is 12.0. The van der Waals surface area contributed by atoms with Crippen LogP contribution in [0.25, 0.3) is 0 Å². The molecular formula is C21H41N3O3. The maximum Gasteiger partial charge on any atom is 0.407 e. The number of rotatable bonds is 4. The third-order valence-corrected chi connectivity index (χ3v) is 4.08. The minimum atomic E-state index is -0.473. The Hall–Kier alpha value is -1.56. The van der Waals surface area contributed by atoms with E-state index < -0.39 is 5.60 Å². The van der Waals surface area contributed by atoms with Crippen LogP contribution in [0, 0.1) is 13.8 Å². The van der Waals surface area contributed by atoms with E-state index in [-0.39, 0.29) is 6.09 Å². The van der Waals surface area contributed by atoms with Crippen molar-refractivity contribution in [3.05, 3.63) is 17.2 Å². The van der Waals surface area contributed by atoms with E-state index in [0.717, 1.165) is 43.3 Å². The first-order chi connectivity index (χ1) is 12.8. The quantitative estimate of drug-likeness (QED) is 0.797. The first-order valence-corrected chi connectivity index (χ1v) is 10.4. The maximum absolute atomic E-state index is 11.8. The Labute approximate surface area is 166 Å². The molecule has 1 aliphatic rings. The average Bonchev–Trinajstić information content (AvgIpc) is 2.93. The van der Waals surface area contributed by atoms with E-state index in [2.05, 4.69) is 16.8 Å². The molecule has 1 amide bonds. The molecule has 0 saturated carbocycles. The number of imidazole rings is 1. The number of amides is 1. The molecule has 0 atom stereocenters. The molecule has 1 fully saturated rings. The van der Waals surface area contributed by atoms with E-state index in [9.17, 15) is 4.79 Å². The van der Waals surface area contributed by atoms with Gasteiger partial charge in [0, 0.05) is 37.9 Å². The summed E-state index contributed by atoms with van der Waals surface area (Å²) in [5.41, 5.74) is 1.75. The van der Waals surface area contributed by atoms with Crippen LogP contribution >= 0.6 is 0 Å². The Morgan fingerprint density at radius 2 is 1.74 bits per heavy atom. The lowest BCUT2D eigenvalue weighted by Crippen LogP contribution is -2.34. The van der Waals surface area contributed by atoms with E-state index in [1.807, 2.05) is 55.4 Å². The van der Waals surface area contributed by atoms with Gasteiger partial charge in [0.25, 0.3) is 0 Å². The molecule has 6 nitrogen and oxygen atoms in total. The standard InChI is InChI=1S/C17H29N3O3.2C2H6/c1-12-13(2)20(9-8-18-16(21)23-17(3,4)5)15(19-12)14-6-10-22-11-7-14;2*1-2/h14H,6-11H2,1-5H3,(H,18,21);2*1-2H3. The minimum Gasteiger partial charge on any atom is -0.444 e. The highest BCUT2D eigenvalue weighted by atomic mass is 16.6. The summed E-state index contributed by atoms with van der Waals surface area (Å²) in [6.45, 7) is 20.5. The van der Waals surface area contributed by atoms with Gasteiger partial charge in [0.1, 0.15) is 11.4 Å². The fourth-order valence-corrected chi connectivity index (χ4v) is 2.81. The molecule has 0 bridgehead atoms. The van der Waals surface area contributed by atoms with Gasteiger partial charge in [-0.15, -0.1) is 0 Å². The van der Waals surface area contributed by atoms with Crippen molar-refractivity contribution in [2.75, 3.05) is 19.8 Å². The molecule has 0 unspecified atom stereocenters. The number of carbonyl (C=O) groups is 1. The number of hydrogen-bond acceptors (Lipinski definition) is 4. The lowest BCUT2D eigenvalue weighted by molar-refractivity contribution is 0.0525. The molecule has 1 aromatic rings. The molecule has 158 valence electrons. The number of alkyl carbamates (subject to hydrolysis) is 1. The second-order valence-electron chi connectivity index (χ2n) is 7.11. The number of aryl methyl sites for hydroxylation is 1. The van der Waals surface area contributed by atoms with Crippen LogP contribution in [0.3, 0.4) is 0 Å². The molecule has 0 aliphatic carbocycles. The van der Waals surface area contributed by atoms with Crippen LogP contribution in [0.1, 0.15) is 84.4 Å². The van der Waals surface area contributed by atoms with Crippen LogP contribution in [0.15, 0.2) is 0 Å². The van der Waals surface area contributed by atoms with Crippen LogP contribution in [0.4, 0.5) is 4.79 Å². The normalized spacial score (nSPS) is 14.4. The summed E-state index contributed by atoms with van der Waals surface area (Å²) >= 11 is 0. The van der Waals surface area contributed by atoms with Gasteiger partial charge >= 0.3 is 6.09 Å². The Morgan fingerprint density at radius 3 is 2.26 bits per heavy atom. The third kappa shape index (κ3) is 8.78. The van der Waals surface area contributed by atoms with Gasteiger partial charge in [-0.05, 0) is 47.5 Å². The lowest BCUT2D eigenvalue weighted by atomic mass is 9.99. The van der Waals surface area contributed by atoms with Gasteiger partial charge in [-0.25, -0.2) is 9.78 Å². The predicted molar refractivity (Wildman–Crippen MR) is 111 cm³/mol. The zero-order valence-electron chi connectivity index (χ0n) is 18.9. The van der Waals surface area contributed by atoms with Gasteiger partial charge in [-0.2, -0.15) is 0 Å². The second kappa shape index (κ2) is 12.8. The smallest absolute Gasteiger partial charge is 0.407 e. The summed E-state index contributed by atoms with van der Waals surface area (Å²) in [6.07, 6.45) is 1.64. The molecule has 0 spiro atoms. The molecule has 1 N–H and O–H groups in total. The van der Waals surface area contributed by atoms with Gasteiger partial charge < -0.3 is 19.4 Å². The van der Waals surface area contributed by atoms with E-state index >= 15 is 0 Å². The minimum absolute atomic E-state index is 0.375. The van der Waals surface area contributed by atoms with Gasteiger partial charge in [-0.3, -0.25) is 0 Å². The van der Waals surface area contributed by atoms with E-state index in [1.54, 1.807) is 0 Å². The summed E-state index contributed by atoms with van der Waals surface area (Å²) in [4.78, 5) is 16.5. The van der Waals surface area contributed by atoms with E-state index in [0.29, 0.717) is 19.0 Å². The number of carbonyl (C=O) groups excluding carboxylic acids is 1. The number of aromatic nitrogens is 2. The number of nitrogens with zero attached hydrogens (tertiary/aromatic N) is 2. The number of nitrogens with one attached hydrogen (secondary N) is 1. The number of hydrogen-bond donors (Lipinski definition) is 1. The summed E-state index contributed by atoms with van der Waals surface area (Å²) < 4.78 is 12.9. The second-order valence-corrected chi connectivity index (χ2v) is 7.11. The first kappa shape index (κ1) is 25.4. The molecule has 2 heterocycles. The van der Waals surface area contributed by atoms with Crippen molar-refractivity contribution in [3.63, 3.8) is 0 Å². The molecule has 1 aromatic heterocycles. The van der Waals surface area contributed by atoms with Crippen LogP contribution in [-0.4, -0.2) is 41.0 Å². The molecule has 0 aromatic carbocycles. The Bertz CT molecular complexity index is 542. The zero-order chi connectivity index (χ0) is 21.0. The van der Waals surface area contributed by atoms with Crippen molar-refractivity contribution in [1.29, 1.82) is 0 Å². The van der Waals surface area contributed by atoms with Gasteiger partial charge in [0.05, 0.1) is 5.69 Å². The molecule has 27 heavy (non-hydrogen) atoms. The largest absolute Gasteiger partial charge is 0.444 e. The van der Waals surface area contributed by atoms with Crippen molar-refractivity contribution >= 4 is 6.09 Å². The molecule has 1 saturated heterocycles. The van der Waals surface area contributed by atoms with Crippen LogP contribution in [0.2, 0.25) is 0 Å². The predicted octanol–water partition coefficient (Wildman–Crippen LogP) is 4.97. The molecule has 6 heteroatoms. The van der Waals surface area contributed by atoms with Crippen molar-refractivity contribution < 1.29 is 14.3 Å². The van der Waals surface area contributed by atoms with E-state index in [1.165, 1.54) is 0 Å². The van der Waals surface area contributed by atoms with Crippen molar-refractivity contribution in [1.82, 2.24) is 14.9 Å². The average molecular weight is 384 g/mol. The monoisotopic (exact) mass is 383 g/mol. The van der Waals surface area contributed by atoms with Crippen LogP contribution < -0.4 is 5.32 Å². The van der Waals surface area contributed by atoms with Crippen LogP contribution in [-0.2, 0) is 16.0 Å². The fourth-order valence-electron chi connectivity index (χ4n) is 2.81. The van der Waals surface area contributed by atoms with Crippen molar-refractivity contribution in [3.8, 4) is 0 Å². The summed E-state index contributed by atoms with van der Waals surface area (Å²) in [5, 5.41) is 2.82. The third-order valence-electron chi connectivity index (χ3n) is 4.08. The van der Waals surface area contributed by atoms with Crippen LogP contribution in [0.5, 0.6) is 0 Å². The summed E-state index contributed by atoms with van der Waals surface area (Å²) in [7, 11) is 0. The van der Waals surface area contributed by atoms with Gasteiger partial charge in [0.2, 0.25) is 0 Å². The van der Waals surface area contributed by atoms with Crippen molar-refractivity contribution in [2.45, 2.75) is 93.2 Å². The first-order valence-electron chi connectivity index (χ1n) is 10.4. The highest BCUT2D eigenvalue weighted by Crippen LogP contribution is 2.27. The molecule has 1 aliphatic heterocycles. The highest BCUT2D eigenvalue weighted by Gasteiger charge is 2.23. The molecular weight excluding hydrogens is 342 g/mol. The van der Waals surface area contributed by atoms with Crippen molar-refractivity contribution in [2.24, 2.45) is 0 Å². The lowest BCUT2D eigenvalue weighted by Gasteiger charge is -2.23.